The molecule has 1 aromatic rings. The summed E-state index contributed by atoms with van der Waals surface area (Å²) < 4.78 is 5.26. The van der Waals surface area contributed by atoms with Gasteiger partial charge in [-0.2, -0.15) is 0 Å². The standard InChI is InChI=1S/C15H22N2O3/c1-11(2)16-13-8-17(9-14(13)18)15(19)20-10-12-6-4-3-5-7-12/h3-7,11,13-14,16,18H,8-10H2,1-2H3. The van der Waals surface area contributed by atoms with Crippen LogP contribution in [0.15, 0.2) is 30.3 Å². The Kier molecular flexibility index (Phi) is 4.98. The third-order valence-corrected chi connectivity index (χ3v) is 3.30. The molecular weight excluding hydrogens is 256 g/mol. The summed E-state index contributed by atoms with van der Waals surface area (Å²) in [4.78, 5) is 13.5. The van der Waals surface area contributed by atoms with E-state index in [1.807, 2.05) is 44.2 Å². The fourth-order valence-electron chi connectivity index (χ4n) is 2.34. The Hall–Kier alpha value is -1.59. The van der Waals surface area contributed by atoms with Gasteiger partial charge in [-0.25, -0.2) is 4.79 Å². The van der Waals surface area contributed by atoms with E-state index in [0.717, 1.165) is 5.56 Å². The van der Waals surface area contributed by atoms with Gasteiger partial charge in [0.1, 0.15) is 6.61 Å². The number of likely N-dealkylation sites (tertiary alicyclic amines) is 1. The van der Waals surface area contributed by atoms with E-state index in [0.29, 0.717) is 13.1 Å². The van der Waals surface area contributed by atoms with Gasteiger partial charge < -0.3 is 20.1 Å². The maximum Gasteiger partial charge on any atom is 0.410 e. The molecule has 2 atom stereocenters. The Morgan fingerprint density at radius 3 is 2.75 bits per heavy atom. The zero-order valence-electron chi connectivity index (χ0n) is 12.0. The number of hydrogen-bond donors (Lipinski definition) is 2. The van der Waals surface area contributed by atoms with Crippen molar-refractivity contribution in [2.45, 2.75) is 38.6 Å². The molecular formula is C15H22N2O3. The fourth-order valence-corrected chi connectivity index (χ4v) is 2.34. The predicted octanol–water partition coefficient (Wildman–Crippen LogP) is 1.37. The highest BCUT2D eigenvalue weighted by Crippen LogP contribution is 2.13. The van der Waals surface area contributed by atoms with Gasteiger partial charge in [0.2, 0.25) is 0 Å². The lowest BCUT2D eigenvalue weighted by Crippen LogP contribution is -2.43. The minimum absolute atomic E-state index is 0.0840. The molecule has 1 saturated heterocycles. The van der Waals surface area contributed by atoms with Gasteiger partial charge >= 0.3 is 6.09 Å². The Morgan fingerprint density at radius 1 is 1.40 bits per heavy atom. The Balaban J connectivity index is 1.82. The summed E-state index contributed by atoms with van der Waals surface area (Å²) in [5.74, 6) is 0. The van der Waals surface area contributed by atoms with E-state index in [-0.39, 0.29) is 24.8 Å². The minimum Gasteiger partial charge on any atom is -0.445 e. The van der Waals surface area contributed by atoms with Crippen LogP contribution in [0.3, 0.4) is 0 Å². The molecule has 1 aliphatic heterocycles. The molecule has 0 spiro atoms. The van der Waals surface area contributed by atoms with Gasteiger partial charge in [-0.3, -0.25) is 0 Å². The van der Waals surface area contributed by atoms with Gasteiger partial charge in [0.15, 0.2) is 0 Å². The zero-order valence-corrected chi connectivity index (χ0v) is 12.0. The maximum absolute atomic E-state index is 12.0. The summed E-state index contributed by atoms with van der Waals surface area (Å²) in [7, 11) is 0. The van der Waals surface area contributed by atoms with Gasteiger partial charge in [-0.05, 0) is 5.56 Å². The smallest absolute Gasteiger partial charge is 0.410 e. The van der Waals surface area contributed by atoms with Gasteiger partial charge in [0, 0.05) is 12.6 Å². The summed E-state index contributed by atoms with van der Waals surface area (Å²) in [6.45, 7) is 5.09. The van der Waals surface area contributed by atoms with Crippen LogP contribution in [0.4, 0.5) is 4.79 Å². The van der Waals surface area contributed by atoms with Crippen molar-refractivity contribution in [3.8, 4) is 0 Å². The monoisotopic (exact) mass is 278 g/mol. The molecule has 1 heterocycles. The molecule has 1 aliphatic rings. The largest absolute Gasteiger partial charge is 0.445 e. The SMILES string of the molecule is CC(C)NC1CN(C(=O)OCc2ccccc2)CC1O. The van der Waals surface area contributed by atoms with Gasteiger partial charge in [0.25, 0.3) is 0 Å². The van der Waals surface area contributed by atoms with Crippen molar-refractivity contribution in [1.82, 2.24) is 10.2 Å². The van der Waals surface area contributed by atoms with Gasteiger partial charge in [0.05, 0.1) is 18.7 Å². The van der Waals surface area contributed by atoms with Crippen LogP contribution >= 0.6 is 0 Å². The molecule has 0 aromatic heterocycles. The molecule has 1 aromatic carbocycles. The zero-order chi connectivity index (χ0) is 14.5. The summed E-state index contributed by atoms with van der Waals surface area (Å²) in [6.07, 6.45) is -0.914. The van der Waals surface area contributed by atoms with Crippen molar-refractivity contribution >= 4 is 6.09 Å². The third kappa shape index (κ3) is 3.95. The number of nitrogens with zero attached hydrogens (tertiary/aromatic N) is 1. The molecule has 1 fully saturated rings. The van der Waals surface area contributed by atoms with Crippen LogP contribution in [-0.2, 0) is 11.3 Å². The second-order valence-corrected chi connectivity index (χ2v) is 5.44. The van der Waals surface area contributed by atoms with Gasteiger partial charge in [-0.1, -0.05) is 44.2 Å². The first-order chi connectivity index (χ1) is 9.56. The molecule has 0 bridgehead atoms. The van der Waals surface area contributed by atoms with Crippen LogP contribution < -0.4 is 5.32 Å². The molecule has 0 aliphatic carbocycles. The van der Waals surface area contributed by atoms with Crippen molar-refractivity contribution < 1.29 is 14.6 Å². The number of nitrogens with one attached hydrogen (secondary N) is 1. The summed E-state index contributed by atoms with van der Waals surface area (Å²) in [6, 6.07) is 9.75. The average Bonchev–Trinajstić information content (AvgIpc) is 2.78. The molecule has 2 unspecified atom stereocenters. The predicted molar refractivity (Wildman–Crippen MR) is 76.3 cm³/mol. The first kappa shape index (κ1) is 14.8. The summed E-state index contributed by atoms with van der Waals surface area (Å²) in [5.41, 5.74) is 0.956. The van der Waals surface area contributed by atoms with Crippen LogP contribution in [0, 0.1) is 0 Å². The second kappa shape index (κ2) is 6.72. The number of benzene rings is 1. The lowest BCUT2D eigenvalue weighted by molar-refractivity contribution is 0.0969. The van der Waals surface area contributed by atoms with E-state index in [1.165, 1.54) is 0 Å². The van der Waals surface area contributed by atoms with Crippen LogP contribution in [0.25, 0.3) is 0 Å². The van der Waals surface area contributed by atoms with E-state index in [9.17, 15) is 9.90 Å². The lowest BCUT2D eigenvalue weighted by atomic mass is 10.2. The molecule has 0 radical (unpaired) electrons. The number of aliphatic hydroxyl groups excluding tert-OH is 1. The minimum atomic E-state index is -0.540. The highest BCUT2D eigenvalue weighted by molar-refractivity contribution is 5.68. The quantitative estimate of drug-likeness (QED) is 0.873. The van der Waals surface area contributed by atoms with E-state index in [1.54, 1.807) is 4.90 Å². The first-order valence-corrected chi connectivity index (χ1v) is 6.96. The first-order valence-electron chi connectivity index (χ1n) is 6.96. The molecule has 2 rings (SSSR count). The van der Waals surface area contributed by atoms with Crippen LogP contribution in [0.2, 0.25) is 0 Å². The van der Waals surface area contributed by atoms with Crippen molar-refractivity contribution in [2.24, 2.45) is 0 Å². The number of hydrogen-bond acceptors (Lipinski definition) is 4. The Labute approximate surface area is 119 Å². The third-order valence-electron chi connectivity index (χ3n) is 3.30. The number of carbonyl (C=O) groups is 1. The number of aliphatic hydroxyl groups is 1. The highest BCUT2D eigenvalue weighted by Gasteiger charge is 2.34. The van der Waals surface area contributed by atoms with Crippen molar-refractivity contribution in [3.05, 3.63) is 35.9 Å². The van der Waals surface area contributed by atoms with Crippen molar-refractivity contribution in [1.29, 1.82) is 0 Å². The normalized spacial score (nSPS) is 22.3. The topological polar surface area (TPSA) is 61.8 Å². The van der Waals surface area contributed by atoms with Crippen molar-refractivity contribution in [3.63, 3.8) is 0 Å². The van der Waals surface area contributed by atoms with E-state index >= 15 is 0 Å². The summed E-state index contributed by atoms with van der Waals surface area (Å²) >= 11 is 0. The highest BCUT2D eigenvalue weighted by atomic mass is 16.6. The fraction of sp³-hybridized carbons (Fsp3) is 0.533. The van der Waals surface area contributed by atoms with Crippen LogP contribution in [-0.4, -0.2) is 47.4 Å². The van der Waals surface area contributed by atoms with Crippen LogP contribution in [0.1, 0.15) is 19.4 Å². The Morgan fingerprint density at radius 2 is 2.10 bits per heavy atom. The number of carbonyl (C=O) groups excluding carboxylic acids is 1. The molecule has 20 heavy (non-hydrogen) atoms. The number of ether oxygens (including phenoxy) is 1. The average molecular weight is 278 g/mol. The lowest BCUT2D eigenvalue weighted by Gasteiger charge is -2.18. The van der Waals surface area contributed by atoms with E-state index in [2.05, 4.69) is 5.32 Å². The Bertz CT molecular complexity index is 436. The maximum atomic E-state index is 12.0. The van der Waals surface area contributed by atoms with E-state index < -0.39 is 6.10 Å². The van der Waals surface area contributed by atoms with Crippen molar-refractivity contribution in [2.75, 3.05) is 13.1 Å². The molecule has 5 heteroatoms. The number of rotatable bonds is 4. The number of amides is 1. The van der Waals surface area contributed by atoms with Crippen LogP contribution in [0.5, 0.6) is 0 Å². The van der Waals surface area contributed by atoms with Gasteiger partial charge in [-0.15, -0.1) is 0 Å². The molecule has 5 nitrogen and oxygen atoms in total. The molecule has 0 saturated carbocycles. The molecule has 110 valence electrons. The summed E-state index contributed by atoms with van der Waals surface area (Å²) in [5, 5.41) is 13.2. The molecule has 2 N–H and O–H groups in total. The second-order valence-electron chi connectivity index (χ2n) is 5.44. The van der Waals surface area contributed by atoms with E-state index in [4.69, 9.17) is 4.74 Å². The number of β-amino-alcohol motifs (C(OH)–C–C–N with tert-alkyl or cyclic N) is 1. The molecule has 1 amide bonds.